The van der Waals surface area contributed by atoms with Gasteiger partial charge in [-0.05, 0) is 165 Å². The highest BCUT2D eigenvalue weighted by Crippen LogP contribution is 2.73. The molecule has 3 heterocycles. The number of fused-ring (bicyclic) bond motifs is 9. The molecule has 0 bridgehead atoms. The van der Waals surface area contributed by atoms with Crippen LogP contribution in [0.2, 0.25) is 0 Å². The van der Waals surface area contributed by atoms with Crippen molar-refractivity contribution in [1.29, 1.82) is 0 Å². The Morgan fingerprint density at radius 2 is 1.00 bits per heavy atom. The van der Waals surface area contributed by atoms with Gasteiger partial charge in [-0.1, -0.05) is 110 Å². The minimum atomic E-state index is -2.00. The van der Waals surface area contributed by atoms with Crippen molar-refractivity contribution >= 4 is 59.7 Å². The fourth-order valence-electron chi connectivity index (χ4n) is 11.7. The van der Waals surface area contributed by atoms with Gasteiger partial charge >= 0.3 is 0 Å². The molecule has 3 aromatic heterocycles. The van der Waals surface area contributed by atoms with Crippen molar-refractivity contribution in [1.82, 2.24) is 13.7 Å². The lowest BCUT2D eigenvalue weighted by atomic mass is 9.87. The molecule has 1 unspecified atom stereocenters. The molecule has 4 heteroatoms. The van der Waals surface area contributed by atoms with Gasteiger partial charge in [0.25, 0.3) is 0 Å². The van der Waals surface area contributed by atoms with E-state index < -0.39 is 10.0 Å². The van der Waals surface area contributed by atoms with Crippen LogP contribution in [0.25, 0.3) is 66.7 Å². The van der Waals surface area contributed by atoms with Gasteiger partial charge in [0.05, 0.1) is 22.1 Å². The SMILES string of the molecule is CC1CCc2c(c3ccccc3n2-c2ccc(S(c3ccccc3)(c3ccccc3)c3cccc(-n4c5ccccc5c5cc6c(cc54)c4c(n6-c5ccccc5)C=CCCC4)c3)cc2)C1. The fraction of sp³-hybridized carbons (Fsp3) is 0.129. The molecule has 1 atom stereocenters. The van der Waals surface area contributed by atoms with Crippen molar-refractivity contribution in [2.24, 2.45) is 5.92 Å². The molecule has 11 aromatic rings. The third-order valence-electron chi connectivity index (χ3n) is 14.6. The number of hydrogen-bond acceptors (Lipinski definition) is 0. The quantitative estimate of drug-likeness (QED) is 0.152. The molecule has 2 aliphatic rings. The summed E-state index contributed by atoms with van der Waals surface area (Å²) in [6.45, 7) is 2.41. The molecule has 0 N–H and O–H groups in total. The van der Waals surface area contributed by atoms with E-state index in [0.29, 0.717) is 5.92 Å². The van der Waals surface area contributed by atoms with Crippen LogP contribution in [0.5, 0.6) is 0 Å². The first-order chi connectivity index (χ1) is 32.7. The number of rotatable bonds is 7. The second-order valence-corrected chi connectivity index (χ2v) is 21.5. The highest BCUT2D eigenvalue weighted by atomic mass is 32.3. The van der Waals surface area contributed by atoms with Gasteiger partial charge in [0.1, 0.15) is 0 Å². The summed E-state index contributed by atoms with van der Waals surface area (Å²) in [7, 11) is -2.00. The molecule has 0 saturated heterocycles. The van der Waals surface area contributed by atoms with Gasteiger partial charge in [-0.3, -0.25) is 0 Å². The monoisotopic (exact) mass is 869 g/mol. The molecule has 0 amide bonds. The molecule has 2 aliphatic carbocycles. The molecule has 0 saturated carbocycles. The van der Waals surface area contributed by atoms with Gasteiger partial charge in [0.2, 0.25) is 0 Å². The number of benzene rings is 8. The predicted octanol–water partition coefficient (Wildman–Crippen LogP) is 16.5. The van der Waals surface area contributed by atoms with E-state index >= 15 is 0 Å². The zero-order chi connectivity index (χ0) is 43.8. The smallest absolute Gasteiger partial charge is 0.0548 e. The minimum Gasteiger partial charge on any atom is -0.313 e. The van der Waals surface area contributed by atoms with Crippen LogP contribution in [0, 0.1) is 5.92 Å². The maximum Gasteiger partial charge on any atom is 0.0548 e. The van der Waals surface area contributed by atoms with Crippen LogP contribution in [0.1, 0.15) is 48.7 Å². The van der Waals surface area contributed by atoms with Gasteiger partial charge in [-0.25, -0.2) is 0 Å². The Kier molecular flexibility index (Phi) is 9.32. The Bertz CT molecular complexity index is 3610. The Labute approximate surface area is 388 Å². The van der Waals surface area contributed by atoms with Gasteiger partial charge in [0, 0.05) is 69.6 Å². The molecular weight excluding hydrogens is 819 g/mol. The third kappa shape index (κ3) is 5.97. The summed E-state index contributed by atoms with van der Waals surface area (Å²) in [5.74, 6) is 0.702. The summed E-state index contributed by atoms with van der Waals surface area (Å²) in [5, 5.41) is 5.28. The van der Waals surface area contributed by atoms with E-state index in [9.17, 15) is 0 Å². The summed E-state index contributed by atoms with van der Waals surface area (Å²) < 4.78 is 7.59. The van der Waals surface area contributed by atoms with Crippen molar-refractivity contribution in [3.8, 4) is 17.1 Å². The number of allylic oxidation sites excluding steroid dienone is 1. The van der Waals surface area contributed by atoms with E-state index in [1.54, 1.807) is 0 Å². The molecule has 8 aromatic carbocycles. The second-order valence-electron chi connectivity index (χ2n) is 18.4. The topological polar surface area (TPSA) is 14.8 Å². The Balaban J connectivity index is 1.04. The zero-order valence-electron chi connectivity index (χ0n) is 37.3. The van der Waals surface area contributed by atoms with Crippen molar-refractivity contribution in [3.05, 3.63) is 229 Å². The Hall–Kier alpha value is -7.27. The highest BCUT2D eigenvalue weighted by molar-refractivity contribution is 8.34. The lowest BCUT2D eigenvalue weighted by Crippen LogP contribution is -2.13. The molecule has 13 rings (SSSR count). The molecular formula is C62H51N3S. The molecule has 0 aliphatic heterocycles. The van der Waals surface area contributed by atoms with Crippen molar-refractivity contribution in [2.45, 2.75) is 65.0 Å². The first kappa shape index (κ1) is 39.1. The van der Waals surface area contributed by atoms with Crippen molar-refractivity contribution in [2.75, 3.05) is 0 Å². The van der Waals surface area contributed by atoms with Gasteiger partial charge < -0.3 is 13.7 Å². The summed E-state index contributed by atoms with van der Waals surface area (Å²) in [5.41, 5.74) is 14.4. The zero-order valence-corrected chi connectivity index (χ0v) is 38.1. The van der Waals surface area contributed by atoms with Crippen LogP contribution in [0.4, 0.5) is 0 Å². The van der Waals surface area contributed by atoms with Gasteiger partial charge in [0.15, 0.2) is 0 Å². The lowest BCUT2D eigenvalue weighted by Gasteiger charge is -2.42. The average molecular weight is 870 g/mol. The molecule has 0 spiro atoms. The molecule has 0 fully saturated rings. The highest BCUT2D eigenvalue weighted by Gasteiger charge is 2.34. The van der Waals surface area contributed by atoms with E-state index in [-0.39, 0.29) is 0 Å². The number of nitrogens with zero attached hydrogens (tertiary/aromatic N) is 3. The van der Waals surface area contributed by atoms with Crippen LogP contribution in [-0.4, -0.2) is 13.7 Å². The minimum absolute atomic E-state index is 0.702. The number of aryl methyl sites for hydroxylation is 1. The van der Waals surface area contributed by atoms with E-state index in [0.717, 1.165) is 32.1 Å². The van der Waals surface area contributed by atoms with Gasteiger partial charge in [-0.15, -0.1) is 10.0 Å². The van der Waals surface area contributed by atoms with Gasteiger partial charge in [-0.2, -0.15) is 0 Å². The number of hydrogen-bond donors (Lipinski definition) is 0. The van der Waals surface area contributed by atoms with E-state index in [4.69, 9.17) is 0 Å². The first-order valence-electron chi connectivity index (χ1n) is 23.7. The normalized spacial score (nSPS) is 15.3. The largest absolute Gasteiger partial charge is 0.313 e. The van der Waals surface area contributed by atoms with Crippen molar-refractivity contribution < 1.29 is 0 Å². The second kappa shape index (κ2) is 15.7. The summed E-state index contributed by atoms with van der Waals surface area (Å²) >= 11 is 0. The summed E-state index contributed by atoms with van der Waals surface area (Å²) in [4.78, 5) is 5.27. The average Bonchev–Trinajstić information content (AvgIpc) is 3.90. The van der Waals surface area contributed by atoms with E-state index in [1.807, 2.05) is 0 Å². The molecule has 0 radical (unpaired) electrons. The maximum atomic E-state index is 2.56. The van der Waals surface area contributed by atoms with Crippen LogP contribution in [-0.2, 0) is 19.3 Å². The Morgan fingerprint density at radius 1 is 0.424 bits per heavy atom. The van der Waals surface area contributed by atoms with E-state index in [1.165, 1.54) is 109 Å². The number of aromatic nitrogens is 3. The number of para-hydroxylation sites is 3. The maximum absolute atomic E-state index is 2.56. The van der Waals surface area contributed by atoms with E-state index in [2.05, 4.69) is 233 Å². The predicted molar refractivity (Wildman–Crippen MR) is 278 cm³/mol. The van der Waals surface area contributed by atoms with Crippen LogP contribution in [0.3, 0.4) is 0 Å². The molecule has 320 valence electrons. The molecule has 66 heavy (non-hydrogen) atoms. The Morgan fingerprint density at radius 3 is 1.74 bits per heavy atom. The lowest BCUT2D eigenvalue weighted by molar-refractivity contribution is 0.495. The standard InChI is InChI=1S/C62H51N3S/c1-43-33-38-60-54(39-43)51-28-14-16-31-57(51)63(60)45-34-36-49(37-35-45)66(47-22-8-3-9-23-47,48-24-10-4-11-25-48)50-26-18-21-46(40-50)65-59-32-17-15-29-53(59)56-41-61-55(42-62(56)65)52-27-12-5-13-30-58(52)64(61)44-19-6-2-7-20-44/h2-4,6-11,13-26,28-32,34-37,40-43H,5,12,27,33,38-39H2,1H3. The summed E-state index contributed by atoms with van der Waals surface area (Å²) in [6.07, 6.45) is 11.5. The van der Waals surface area contributed by atoms with Crippen LogP contribution < -0.4 is 0 Å². The third-order valence-corrected chi connectivity index (χ3v) is 18.5. The molecule has 3 nitrogen and oxygen atoms in total. The van der Waals surface area contributed by atoms with Crippen LogP contribution in [0.15, 0.2) is 226 Å². The fourth-order valence-corrected chi connectivity index (χ4v) is 15.5. The summed E-state index contributed by atoms with van der Waals surface area (Å²) in [6, 6.07) is 75.7. The first-order valence-corrected chi connectivity index (χ1v) is 25.4. The van der Waals surface area contributed by atoms with Crippen molar-refractivity contribution in [3.63, 3.8) is 0 Å². The van der Waals surface area contributed by atoms with Crippen LogP contribution >= 0.6 is 10.0 Å².